The van der Waals surface area contributed by atoms with E-state index in [0.717, 1.165) is 0 Å². The molecule has 3 nitrogen and oxygen atoms in total. The van der Waals surface area contributed by atoms with E-state index in [9.17, 15) is 4.79 Å². The van der Waals surface area contributed by atoms with E-state index in [4.69, 9.17) is 4.42 Å². The van der Waals surface area contributed by atoms with E-state index in [0.29, 0.717) is 11.6 Å². The van der Waals surface area contributed by atoms with Crippen molar-refractivity contribution < 1.29 is 9.21 Å². The molecule has 1 N–H and O–H groups in total. The Hall–Kier alpha value is -1.51. The van der Waals surface area contributed by atoms with Crippen LogP contribution in [0.2, 0.25) is 0 Å². The normalized spacial score (nSPS) is 11.0. The van der Waals surface area contributed by atoms with E-state index in [2.05, 4.69) is 5.32 Å². The van der Waals surface area contributed by atoms with Crippen LogP contribution >= 0.6 is 0 Å². The van der Waals surface area contributed by atoms with Crippen LogP contribution in [0.3, 0.4) is 0 Å². The lowest BCUT2D eigenvalue weighted by atomic mass is 10.2. The third kappa shape index (κ3) is 3.15. The Morgan fingerprint density at radius 3 is 2.92 bits per heavy atom. The van der Waals surface area contributed by atoms with Crippen LogP contribution in [0.5, 0.6) is 0 Å². The highest BCUT2D eigenvalue weighted by atomic mass is 16.3. The average Bonchev–Trinajstić information content (AvgIpc) is 2.55. The largest absolute Gasteiger partial charge is 0.472 e. The number of hydrogen-bond acceptors (Lipinski definition) is 3. The molecule has 0 fully saturated rings. The van der Waals surface area contributed by atoms with Crippen LogP contribution in [0.1, 0.15) is 24.2 Å². The van der Waals surface area contributed by atoms with Gasteiger partial charge in [0.05, 0.1) is 11.8 Å². The molecule has 0 spiro atoms. The van der Waals surface area contributed by atoms with Crippen LogP contribution < -0.4 is 5.32 Å². The van der Waals surface area contributed by atoms with Crippen molar-refractivity contribution in [3.8, 4) is 0 Å². The van der Waals surface area contributed by atoms with E-state index in [1.165, 1.54) is 18.6 Å². The quantitative estimate of drug-likeness (QED) is 0.567. The van der Waals surface area contributed by atoms with Crippen molar-refractivity contribution in [2.45, 2.75) is 19.9 Å². The zero-order chi connectivity index (χ0) is 9.68. The predicted octanol–water partition coefficient (Wildman–Crippen LogP) is 1.97. The fraction of sp³-hybridized carbons (Fsp3) is 0.300. The Bertz CT molecular complexity index is 286. The molecular weight excluding hydrogens is 166 g/mol. The predicted molar refractivity (Wildman–Crippen MR) is 50.5 cm³/mol. The maximum absolute atomic E-state index is 11.3. The number of allylic oxidation sites excluding steroid dienone is 1. The molecule has 0 aliphatic heterocycles. The molecule has 0 saturated heterocycles. The van der Waals surface area contributed by atoms with Crippen molar-refractivity contribution in [3.63, 3.8) is 0 Å². The monoisotopic (exact) mass is 179 g/mol. The fourth-order valence-electron chi connectivity index (χ4n) is 0.817. The summed E-state index contributed by atoms with van der Waals surface area (Å²) in [6, 6.07) is 1.98. The Balaban J connectivity index is 2.47. The van der Waals surface area contributed by atoms with Gasteiger partial charge in [0.25, 0.3) is 0 Å². The summed E-state index contributed by atoms with van der Waals surface area (Å²) in [5.74, 6) is -0.0538. The van der Waals surface area contributed by atoms with Crippen molar-refractivity contribution in [2.75, 3.05) is 0 Å². The second-order valence-corrected chi connectivity index (χ2v) is 3.03. The highest BCUT2D eigenvalue weighted by molar-refractivity contribution is 6.04. The molecule has 13 heavy (non-hydrogen) atoms. The zero-order valence-electron chi connectivity index (χ0n) is 7.78. The summed E-state index contributed by atoms with van der Waals surface area (Å²) in [5, 5.41) is 3.01. The smallest absolute Gasteiger partial charge is 0.190 e. The summed E-state index contributed by atoms with van der Waals surface area (Å²) < 4.78 is 4.79. The third-order valence-electron chi connectivity index (χ3n) is 1.47. The number of carbonyl (C=O) groups excluding carboxylic acids is 1. The minimum atomic E-state index is -0.0538. The minimum Gasteiger partial charge on any atom is -0.472 e. The maximum Gasteiger partial charge on any atom is 0.190 e. The molecule has 0 atom stereocenters. The third-order valence-corrected chi connectivity index (χ3v) is 1.47. The van der Waals surface area contributed by atoms with Gasteiger partial charge in [-0.3, -0.25) is 4.79 Å². The summed E-state index contributed by atoms with van der Waals surface area (Å²) in [5.41, 5.74) is 0.571. The van der Waals surface area contributed by atoms with Gasteiger partial charge in [-0.25, -0.2) is 0 Å². The molecule has 1 aromatic heterocycles. The molecule has 0 saturated carbocycles. The molecule has 0 aliphatic carbocycles. The number of rotatable bonds is 4. The van der Waals surface area contributed by atoms with Gasteiger partial charge in [-0.2, -0.15) is 0 Å². The van der Waals surface area contributed by atoms with E-state index in [-0.39, 0.29) is 5.78 Å². The number of hydrogen-bond donors (Lipinski definition) is 1. The van der Waals surface area contributed by atoms with E-state index < -0.39 is 0 Å². The van der Waals surface area contributed by atoms with Gasteiger partial charge < -0.3 is 9.73 Å². The number of ketones is 1. The minimum absolute atomic E-state index is 0.0538. The van der Waals surface area contributed by atoms with Gasteiger partial charge in [0.15, 0.2) is 5.78 Å². The van der Waals surface area contributed by atoms with Crippen molar-refractivity contribution in [3.05, 3.63) is 36.4 Å². The van der Waals surface area contributed by atoms with Gasteiger partial charge in [0.1, 0.15) is 6.26 Å². The zero-order valence-corrected chi connectivity index (χ0v) is 7.78. The van der Waals surface area contributed by atoms with Crippen LogP contribution in [-0.2, 0) is 0 Å². The summed E-state index contributed by atoms with van der Waals surface area (Å²) in [6.45, 7) is 4.01. The highest BCUT2D eigenvalue weighted by Gasteiger charge is 2.01. The lowest BCUT2D eigenvalue weighted by molar-refractivity contribution is 0.104. The second-order valence-electron chi connectivity index (χ2n) is 3.03. The second kappa shape index (κ2) is 4.50. The molecule has 0 aliphatic rings. The first kappa shape index (κ1) is 9.58. The van der Waals surface area contributed by atoms with Gasteiger partial charge in [-0.05, 0) is 19.9 Å². The van der Waals surface area contributed by atoms with Gasteiger partial charge in [-0.15, -0.1) is 0 Å². The topological polar surface area (TPSA) is 42.2 Å². The Labute approximate surface area is 77.4 Å². The molecule has 0 unspecified atom stereocenters. The number of carbonyl (C=O) groups is 1. The molecule has 3 heteroatoms. The molecule has 0 bridgehead atoms. The maximum atomic E-state index is 11.3. The molecule has 1 rings (SSSR count). The number of nitrogens with one attached hydrogen (secondary N) is 1. The van der Waals surface area contributed by atoms with Crippen molar-refractivity contribution in [1.29, 1.82) is 0 Å². The van der Waals surface area contributed by atoms with E-state index in [1.54, 1.807) is 12.3 Å². The summed E-state index contributed by atoms with van der Waals surface area (Å²) >= 11 is 0. The van der Waals surface area contributed by atoms with E-state index in [1.807, 2.05) is 13.8 Å². The average molecular weight is 179 g/mol. The summed E-state index contributed by atoms with van der Waals surface area (Å²) in [7, 11) is 0. The van der Waals surface area contributed by atoms with Crippen molar-refractivity contribution in [1.82, 2.24) is 5.32 Å². The first-order valence-electron chi connectivity index (χ1n) is 4.19. The molecule has 1 heterocycles. The van der Waals surface area contributed by atoms with E-state index >= 15 is 0 Å². The fourth-order valence-corrected chi connectivity index (χ4v) is 0.817. The SMILES string of the molecule is CC(C)N/C=C\C(=O)c1ccoc1. The molecule has 70 valence electrons. The molecular formula is C10H13NO2. The highest BCUT2D eigenvalue weighted by Crippen LogP contribution is 2.01. The first-order chi connectivity index (χ1) is 6.20. The molecule has 0 radical (unpaired) electrons. The van der Waals surface area contributed by atoms with Crippen LogP contribution in [0.4, 0.5) is 0 Å². The van der Waals surface area contributed by atoms with Crippen LogP contribution in [-0.4, -0.2) is 11.8 Å². The summed E-state index contributed by atoms with van der Waals surface area (Å²) in [4.78, 5) is 11.3. The lowest BCUT2D eigenvalue weighted by Gasteiger charge is -2.01. The Kier molecular flexibility index (Phi) is 3.31. The van der Waals surface area contributed by atoms with Crippen molar-refractivity contribution in [2.24, 2.45) is 0 Å². The van der Waals surface area contributed by atoms with Gasteiger partial charge in [0, 0.05) is 18.3 Å². The van der Waals surface area contributed by atoms with Crippen molar-refractivity contribution >= 4 is 5.78 Å². The van der Waals surface area contributed by atoms with Gasteiger partial charge >= 0.3 is 0 Å². The molecule has 0 aromatic carbocycles. The van der Waals surface area contributed by atoms with Crippen LogP contribution in [0, 0.1) is 0 Å². The van der Waals surface area contributed by atoms with Crippen LogP contribution in [0.15, 0.2) is 35.3 Å². The van der Waals surface area contributed by atoms with Gasteiger partial charge in [0.2, 0.25) is 0 Å². The van der Waals surface area contributed by atoms with Crippen LogP contribution in [0.25, 0.3) is 0 Å². The number of furan rings is 1. The van der Waals surface area contributed by atoms with Gasteiger partial charge in [-0.1, -0.05) is 0 Å². The molecule has 0 amide bonds. The lowest BCUT2D eigenvalue weighted by Crippen LogP contribution is -2.15. The summed E-state index contributed by atoms with van der Waals surface area (Å²) in [6.07, 6.45) is 6.06. The molecule has 1 aromatic rings. The Morgan fingerprint density at radius 1 is 1.62 bits per heavy atom. The standard InChI is InChI=1S/C10H13NO2/c1-8(2)11-5-3-10(12)9-4-6-13-7-9/h3-8,11H,1-2H3/b5-3-. The first-order valence-corrected chi connectivity index (χ1v) is 4.19. The Morgan fingerprint density at radius 2 is 2.38 bits per heavy atom.